The Morgan fingerprint density at radius 3 is 2.16 bits per heavy atom. The Balaban J connectivity index is 2.13. The summed E-state index contributed by atoms with van der Waals surface area (Å²) in [5, 5.41) is 4.41. The minimum absolute atomic E-state index is 0.841. The Hall–Kier alpha value is -1.58. The standard InChI is InChI=1S/C16H15NS2/c1-19-16(17-14-10-6-3-7-11-14)12-15(18)13-8-4-2-5-9-13/h2-12,17H,1H3/b16-12+. The predicted octanol–water partition coefficient (Wildman–Crippen LogP) is 4.72. The van der Waals surface area contributed by atoms with E-state index in [0.717, 1.165) is 21.1 Å². The van der Waals surface area contributed by atoms with E-state index in [9.17, 15) is 0 Å². The predicted molar refractivity (Wildman–Crippen MR) is 89.8 cm³/mol. The lowest BCUT2D eigenvalue weighted by molar-refractivity contribution is 1.56. The van der Waals surface area contributed by atoms with E-state index in [-0.39, 0.29) is 0 Å². The van der Waals surface area contributed by atoms with Crippen LogP contribution in [0.1, 0.15) is 5.56 Å². The van der Waals surface area contributed by atoms with Crippen LogP contribution in [0.2, 0.25) is 0 Å². The van der Waals surface area contributed by atoms with Crippen LogP contribution in [0.4, 0.5) is 5.69 Å². The topological polar surface area (TPSA) is 12.0 Å². The first-order valence-corrected chi connectivity index (χ1v) is 7.60. The summed E-state index contributed by atoms with van der Waals surface area (Å²) < 4.78 is 0. The fourth-order valence-corrected chi connectivity index (χ4v) is 2.40. The Bertz CT molecular complexity index is 562. The molecule has 2 rings (SSSR count). The smallest absolute Gasteiger partial charge is 0.0737 e. The maximum atomic E-state index is 5.45. The fraction of sp³-hybridized carbons (Fsp3) is 0.0625. The molecule has 0 amide bonds. The van der Waals surface area contributed by atoms with E-state index in [4.69, 9.17) is 12.2 Å². The lowest BCUT2D eigenvalue weighted by Crippen LogP contribution is -2.00. The van der Waals surface area contributed by atoms with Crippen LogP contribution in [-0.4, -0.2) is 11.1 Å². The quantitative estimate of drug-likeness (QED) is 0.485. The van der Waals surface area contributed by atoms with Crippen molar-refractivity contribution in [3.63, 3.8) is 0 Å². The zero-order valence-electron chi connectivity index (χ0n) is 10.7. The third-order valence-electron chi connectivity index (χ3n) is 2.58. The van der Waals surface area contributed by atoms with Gasteiger partial charge < -0.3 is 5.32 Å². The van der Waals surface area contributed by atoms with Crippen molar-refractivity contribution < 1.29 is 0 Å². The van der Waals surface area contributed by atoms with E-state index < -0.39 is 0 Å². The molecule has 0 fully saturated rings. The molecule has 0 unspecified atom stereocenters. The molecule has 0 aliphatic carbocycles. The molecule has 0 aromatic heterocycles. The Morgan fingerprint density at radius 1 is 1.00 bits per heavy atom. The van der Waals surface area contributed by atoms with Crippen LogP contribution in [0.3, 0.4) is 0 Å². The van der Waals surface area contributed by atoms with Crippen molar-refractivity contribution in [2.75, 3.05) is 11.6 Å². The van der Waals surface area contributed by atoms with Gasteiger partial charge in [-0.2, -0.15) is 0 Å². The number of thiocarbonyl (C=S) groups is 1. The second kappa shape index (κ2) is 7.12. The maximum absolute atomic E-state index is 5.45. The third-order valence-corrected chi connectivity index (χ3v) is 3.60. The van der Waals surface area contributed by atoms with Gasteiger partial charge in [-0.15, -0.1) is 11.8 Å². The fourth-order valence-electron chi connectivity index (χ4n) is 1.61. The first-order valence-electron chi connectivity index (χ1n) is 5.97. The van der Waals surface area contributed by atoms with Gasteiger partial charge in [0, 0.05) is 10.6 Å². The number of anilines is 1. The first-order chi connectivity index (χ1) is 9.29. The molecule has 0 aliphatic heterocycles. The monoisotopic (exact) mass is 285 g/mol. The molecule has 1 nitrogen and oxygen atoms in total. The number of hydrogen-bond donors (Lipinski definition) is 1. The SMILES string of the molecule is CS/C(=C/C(=S)c1ccccc1)Nc1ccccc1. The van der Waals surface area contributed by atoms with Gasteiger partial charge in [0.1, 0.15) is 0 Å². The molecule has 0 atom stereocenters. The summed E-state index contributed by atoms with van der Waals surface area (Å²) in [4.78, 5) is 0.841. The molecular formula is C16H15NS2. The molecular weight excluding hydrogens is 270 g/mol. The number of thioether (sulfide) groups is 1. The number of allylic oxidation sites excluding steroid dienone is 1. The van der Waals surface area contributed by atoms with Gasteiger partial charge in [0.05, 0.1) is 5.03 Å². The highest BCUT2D eigenvalue weighted by Crippen LogP contribution is 2.18. The van der Waals surface area contributed by atoms with Gasteiger partial charge in [0.2, 0.25) is 0 Å². The van der Waals surface area contributed by atoms with E-state index in [2.05, 4.69) is 5.32 Å². The van der Waals surface area contributed by atoms with E-state index in [1.54, 1.807) is 11.8 Å². The Labute approximate surface area is 123 Å². The molecule has 2 aromatic rings. The van der Waals surface area contributed by atoms with Crippen LogP contribution < -0.4 is 5.32 Å². The average molecular weight is 285 g/mol. The third kappa shape index (κ3) is 4.23. The molecule has 2 aromatic carbocycles. The van der Waals surface area contributed by atoms with Gasteiger partial charge >= 0.3 is 0 Å². The minimum Gasteiger partial charge on any atom is -0.350 e. The van der Waals surface area contributed by atoms with Crippen molar-refractivity contribution in [1.82, 2.24) is 0 Å². The molecule has 0 saturated carbocycles. The number of nitrogens with one attached hydrogen (secondary N) is 1. The molecule has 0 spiro atoms. The van der Waals surface area contributed by atoms with Crippen molar-refractivity contribution >= 4 is 34.5 Å². The molecule has 3 heteroatoms. The molecule has 96 valence electrons. The van der Waals surface area contributed by atoms with Crippen molar-refractivity contribution in [2.24, 2.45) is 0 Å². The van der Waals surface area contributed by atoms with E-state index in [1.165, 1.54) is 0 Å². The van der Waals surface area contributed by atoms with Gasteiger partial charge in [-0.1, -0.05) is 60.7 Å². The summed E-state index contributed by atoms with van der Waals surface area (Å²) in [5.74, 6) is 0. The molecule has 0 heterocycles. The van der Waals surface area contributed by atoms with Gasteiger partial charge in [0.15, 0.2) is 0 Å². The molecule has 19 heavy (non-hydrogen) atoms. The number of benzene rings is 2. The zero-order chi connectivity index (χ0) is 13.5. The van der Waals surface area contributed by atoms with Crippen LogP contribution in [0, 0.1) is 0 Å². The Kier molecular flexibility index (Phi) is 5.19. The highest BCUT2D eigenvalue weighted by atomic mass is 32.2. The van der Waals surface area contributed by atoms with Gasteiger partial charge in [0.25, 0.3) is 0 Å². The zero-order valence-corrected chi connectivity index (χ0v) is 12.3. The summed E-state index contributed by atoms with van der Waals surface area (Å²) in [6.07, 6.45) is 4.04. The second-order valence-corrected chi connectivity index (χ2v) is 5.22. The van der Waals surface area contributed by atoms with E-state index in [0.29, 0.717) is 0 Å². The van der Waals surface area contributed by atoms with Crippen molar-refractivity contribution in [1.29, 1.82) is 0 Å². The highest BCUT2D eigenvalue weighted by molar-refractivity contribution is 8.02. The van der Waals surface area contributed by atoms with Gasteiger partial charge in [-0.25, -0.2) is 0 Å². The van der Waals surface area contributed by atoms with E-state index in [1.807, 2.05) is 73.0 Å². The number of para-hydroxylation sites is 1. The van der Waals surface area contributed by atoms with Gasteiger partial charge in [-0.3, -0.25) is 0 Å². The lowest BCUT2D eigenvalue weighted by atomic mass is 10.1. The van der Waals surface area contributed by atoms with E-state index >= 15 is 0 Å². The van der Waals surface area contributed by atoms with Crippen LogP contribution in [0.25, 0.3) is 0 Å². The first kappa shape index (κ1) is 13.8. The molecule has 0 saturated heterocycles. The summed E-state index contributed by atoms with van der Waals surface area (Å²) in [6.45, 7) is 0. The minimum atomic E-state index is 0.841. The van der Waals surface area contributed by atoms with Crippen molar-refractivity contribution in [2.45, 2.75) is 0 Å². The Morgan fingerprint density at radius 2 is 1.58 bits per heavy atom. The van der Waals surface area contributed by atoms with Crippen LogP contribution in [-0.2, 0) is 0 Å². The molecule has 0 bridgehead atoms. The lowest BCUT2D eigenvalue weighted by Gasteiger charge is -2.09. The summed E-state index contributed by atoms with van der Waals surface area (Å²) in [6, 6.07) is 20.1. The summed E-state index contributed by atoms with van der Waals surface area (Å²) in [5.41, 5.74) is 2.14. The molecule has 0 radical (unpaired) electrons. The maximum Gasteiger partial charge on any atom is 0.0737 e. The van der Waals surface area contributed by atoms with Crippen LogP contribution >= 0.6 is 24.0 Å². The van der Waals surface area contributed by atoms with Crippen LogP contribution in [0.15, 0.2) is 71.8 Å². The average Bonchev–Trinajstić information content (AvgIpc) is 2.48. The molecule has 0 aliphatic rings. The summed E-state index contributed by atoms with van der Waals surface area (Å²) >= 11 is 7.10. The van der Waals surface area contributed by atoms with Gasteiger partial charge in [-0.05, 0) is 30.0 Å². The normalized spacial score (nSPS) is 11.1. The highest BCUT2D eigenvalue weighted by Gasteiger charge is 2.01. The summed E-state index contributed by atoms with van der Waals surface area (Å²) in [7, 11) is 0. The van der Waals surface area contributed by atoms with Crippen molar-refractivity contribution in [3.8, 4) is 0 Å². The number of hydrogen-bond acceptors (Lipinski definition) is 3. The second-order valence-electron chi connectivity index (χ2n) is 3.93. The van der Waals surface area contributed by atoms with Crippen LogP contribution in [0.5, 0.6) is 0 Å². The largest absolute Gasteiger partial charge is 0.350 e. The number of rotatable bonds is 5. The molecule has 1 N–H and O–H groups in total. The van der Waals surface area contributed by atoms with Crippen molar-refractivity contribution in [3.05, 3.63) is 77.3 Å².